The lowest BCUT2D eigenvalue weighted by Gasteiger charge is -2.08. The maximum atomic E-state index is 13.5. The first kappa shape index (κ1) is 22.3. The minimum atomic E-state index is -1.69. The van der Waals surface area contributed by atoms with Crippen molar-refractivity contribution < 1.29 is 27.3 Å². The van der Waals surface area contributed by atoms with Crippen LogP contribution in [-0.2, 0) is 16.0 Å². The smallest absolute Gasteiger partial charge is 0.243 e. The second kappa shape index (κ2) is 10.1. The van der Waals surface area contributed by atoms with Gasteiger partial charge in [0, 0.05) is 23.4 Å². The average Bonchev–Trinajstić information content (AvgIpc) is 3.22. The lowest BCUT2D eigenvalue weighted by atomic mass is 10.2. The Morgan fingerprint density at radius 3 is 2.48 bits per heavy atom. The molecule has 0 saturated carbocycles. The molecule has 0 aliphatic carbocycles. The summed E-state index contributed by atoms with van der Waals surface area (Å²) in [6.07, 6.45) is 0.805. The molecule has 0 saturated heterocycles. The molecule has 0 unspecified atom stereocenters. The number of rotatable bonds is 8. The Morgan fingerprint density at radius 2 is 1.74 bits per heavy atom. The van der Waals surface area contributed by atoms with Crippen LogP contribution in [0.5, 0.6) is 0 Å². The fourth-order valence-electron chi connectivity index (χ4n) is 2.56. The summed E-state index contributed by atoms with van der Waals surface area (Å²) in [5.41, 5.74) is 0.215. The number of amides is 2. The number of aryl methyl sites for hydroxylation is 1. The standard InChI is InChI=1S/C20H16ClF3N4O3/c21-12-6-4-11(5-7-12)20-27-17(31-28-20)3-1-2-15(29)25-10-16(30)26-14-9-8-13(22)18(23)19(14)24/h4-9H,1-3,10H2,(H,25,29)(H,26,30). The van der Waals surface area contributed by atoms with Gasteiger partial charge in [-0.1, -0.05) is 16.8 Å². The van der Waals surface area contributed by atoms with Crippen LogP contribution in [0.25, 0.3) is 11.4 Å². The number of hydrogen-bond acceptors (Lipinski definition) is 5. The molecular formula is C20H16ClF3N4O3. The second-order valence-electron chi connectivity index (χ2n) is 6.42. The lowest BCUT2D eigenvalue weighted by Crippen LogP contribution is -2.33. The summed E-state index contributed by atoms with van der Waals surface area (Å²) in [5, 5.41) is 8.86. The van der Waals surface area contributed by atoms with Gasteiger partial charge in [0.05, 0.1) is 12.2 Å². The van der Waals surface area contributed by atoms with Gasteiger partial charge in [-0.2, -0.15) is 4.98 Å². The Morgan fingerprint density at radius 1 is 1.00 bits per heavy atom. The van der Waals surface area contributed by atoms with Crippen LogP contribution in [0.3, 0.4) is 0 Å². The van der Waals surface area contributed by atoms with E-state index in [1.807, 2.05) is 0 Å². The number of aromatic nitrogens is 2. The molecule has 1 aromatic heterocycles. The lowest BCUT2D eigenvalue weighted by molar-refractivity contribution is -0.124. The van der Waals surface area contributed by atoms with E-state index in [4.69, 9.17) is 16.1 Å². The molecule has 1 heterocycles. The van der Waals surface area contributed by atoms with Gasteiger partial charge in [0.15, 0.2) is 17.5 Å². The number of carbonyl (C=O) groups excluding carboxylic acids is 2. The van der Waals surface area contributed by atoms with Crippen LogP contribution >= 0.6 is 11.6 Å². The number of anilines is 1. The summed E-state index contributed by atoms with van der Waals surface area (Å²) < 4.78 is 44.7. The molecule has 3 aromatic rings. The van der Waals surface area contributed by atoms with Gasteiger partial charge < -0.3 is 15.2 Å². The van der Waals surface area contributed by atoms with Crippen molar-refractivity contribution in [1.29, 1.82) is 0 Å². The maximum absolute atomic E-state index is 13.5. The van der Waals surface area contributed by atoms with Crippen LogP contribution in [0, 0.1) is 17.5 Å². The van der Waals surface area contributed by atoms with E-state index in [-0.39, 0.29) is 6.42 Å². The summed E-state index contributed by atoms with van der Waals surface area (Å²) in [6.45, 7) is -0.460. The Hall–Kier alpha value is -3.40. The highest BCUT2D eigenvalue weighted by molar-refractivity contribution is 6.30. The largest absolute Gasteiger partial charge is 0.347 e. The van der Waals surface area contributed by atoms with Crippen molar-refractivity contribution in [2.75, 3.05) is 11.9 Å². The van der Waals surface area contributed by atoms with E-state index in [0.717, 1.165) is 11.6 Å². The van der Waals surface area contributed by atoms with Crippen molar-refractivity contribution >= 4 is 29.1 Å². The zero-order valence-electron chi connectivity index (χ0n) is 15.9. The average molecular weight is 453 g/mol. The van der Waals surface area contributed by atoms with Gasteiger partial charge in [0.2, 0.25) is 23.5 Å². The third-order valence-electron chi connectivity index (χ3n) is 4.12. The molecule has 162 valence electrons. The topological polar surface area (TPSA) is 97.1 Å². The molecular weight excluding hydrogens is 437 g/mol. The minimum absolute atomic E-state index is 0.0749. The quantitative estimate of drug-likeness (QED) is 0.505. The number of hydrogen-bond donors (Lipinski definition) is 2. The van der Waals surface area contributed by atoms with Gasteiger partial charge in [0.25, 0.3) is 0 Å². The number of halogens is 4. The zero-order valence-corrected chi connectivity index (χ0v) is 16.7. The van der Waals surface area contributed by atoms with Crippen LogP contribution < -0.4 is 10.6 Å². The highest BCUT2D eigenvalue weighted by Crippen LogP contribution is 2.20. The minimum Gasteiger partial charge on any atom is -0.347 e. The molecule has 2 N–H and O–H groups in total. The molecule has 11 heteroatoms. The van der Waals surface area contributed by atoms with E-state index in [2.05, 4.69) is 20.8 Å². The van der Waals surface area contributed by atoms with Gasteiger partial charge in [-0.05, 0) is 42.8 Å². The highest BCUT2D eigenvalue weighted by Gasteiger charge is 2.16. The normalized spacial score (nSPS) is 10.7. The third kappa shape index (κ3) is 6.05. The zero-order chi connectivity index (χ0) is 22.4. The summed E-state index contributed by atoms with van der Waals surface area (Å²) in [4.78, 5) is 27.9. The first-order valence-corrected chi connectivity index (χ1v) is 9.50. The number of nitrogens with one attached hydrogen (secondary N) is 2. The molecule has 0 radical (unpaired) electrons. The van der Waals surface area contributed by atoms with Crippen molar-refractivity contribution in [1.82, 2.24) is 15.5 Å². The molecule has 2 amide bonds. The van der Waals surface area contributed by atoms with Crippen molar-refractivity contribution in [2.24, 2.45) is 0 Å². The molecule has 0 atom stereocenters. The number of nitrogens with zero attached hydrogens (tertiary/aromatic N) is 2. The fourth-order valence-corrected chi connectivity index (χ4v) is 2.68. The molecule has 3 rings (SSSR count). The third-order valence-corrected chi connectivity index (χ3v) is 4.37. The summed E-state index contributed by atoms with van der Waals surface area (Å²) in [5.74, 6) is -5.05. The molecule has 0 aliphatic heterocycles. The molecule has 0 spiro atoms. The molecule has 0 fully saturated rings. The van der Waals surface area contributed by atoms with E-state index in [1.54, 1.807) is 24.3 Å². The van der Waals surface area contributed by atoms with E-state index in [1.165, 1.54) is 0 Å². The molecule has 31 heavy (non-hydrogen) atoms. The van der Waals surface area contributed by atoms with Crippen LogP contribution in [0.1, 0.15) is 18.7 Å². The molecule has 7 nitrogen and oxygen atoms in total. The summed E-state index contributed by atoms with van der Waals surface area (Å²) in [6, 6.07) is 8.48. The first-order valence-electron chi connectivity index (χ1n) is 9.12. The predicted octanol–water partition coefficient (Wildman–Crippen LogP) is 3.88. The number of carbonyl (C=O) groups is 2. The van der Waals surface area contributed by atoms with Crippen molar-refractivity contribution in [3.8, 4) is 11.4 Å². The maximum Gasteiger partial charge on any atom is 0.243 e. The van der Waals surface area contributed by atoms with E-state index < -0.39 is 41.5 Å². The van der Waals surface area contributed by atoms with Crippen LogP contribution in [0.15, 0.2) is 40.9 Å². The summed E-state index contributed by atoms with van der Waals surface area (Å²) in [7, 11) is 0. The van der Waals surface area contributed by atoms with Gasteiger partial charge in [0.1, 0.15) is 0 Å². The van der Waals surface area contributed by atoms with Gasteiger partial charge in [-0.15, -0.1) is 0 Å². The van der Waals surface area contributed by atoms with E-state index in [9.17, 15) is 22.8 Å². The van der Waals surface area contributed by atoms with Gasteiger partial charge >= 0.3 is 0 Å². The Bertz CT molecular complexity index is 1090. The monoisotopic (exact) mass is 452 g/mol. The SMILES string of the molecule is O=C(CCCc1nc(-c2ccc(Cl)cc2)no1)NCC(=O)Nc1ccc(F)c(F)c1F. The Balaban J connectivity index is 1.40. The highest BCUT2D eigenvalue weighted by atomic mass is 35.5. The first-order chi connectivity index (χ1) is 14.8. The van der Waals surface area contributed by atoms with Crippen molar-refractivity contribution in [3.63, 3.8) is 0 Å². The molecule has 0 aliphatic rings. The van der Waals surface area contributed by atoms with E-state index >= 15 is 0 Å². The molecule has 0 bridgehead atoms. The van der Waals surface area contributed by atoms with Crippen molar-refractivity contribution in [2.45, 2.75) is 19.3 Å². The Kier molecular flexibility index (Phi) is 7.24. The van der Waals surface area contributed by atoms with Crippen molar-refractivity contribution in [3.05, 3.63) is 64.8 Å². The Labute approximate surface area is 179 Å². The van der Waals surface area contributed by atoms with Gasteiger partial charge in [-0.3, -0.25) is 9.59 Å². The fraction of sp³-hybridized carbons (Fsp3) is 0.200. The molecule has 2 aromatic carbocycles. The van der Waals surface area contributed by atoms with Crippen LogP contribution in [0.2, 0.25) is 5.02 Å². The van der Waals surface area contributed by atoms with E-state index in [0.29, 0.717) is 35.6 Å². The predicted molar refractivity (Wildman–Crippen MR) is 106 cm³/mol. The second-order valence-corrected chi connectivity index (χ2v) is 6.86. The van der Waals surface area contributed by atoms with Crippen LogP contribution in [-0.4, -0.2) is 28.5 Å². The van der Waals surface area contributed by atoms with Crippen LogP contribution in [0.4, 0.5) is 18.9 Å². The van der Waals surface area contributed by atoms with Gasteiger partial charge in [-0.25, -0.2) is 13.2 Å². The number of benzene rings is 2. The summed E-state index contributed by atoms with van der Waals surface area (Å²) >= 11 is 5.83.